The molecule has 5 heteroatoms. The molecule has 1 atom stereocenters. The Morgan fingerprint density at radius 2 is 1.71 bits per heavy atom. The highest BCUT2D eigenvalue weighted by atomic mass is 32.2. The first-order valence-corrected chi connectivity index (χ1v) is 8.94. The van der Waals surface area contributed by atoms with Crippen LogP contribution in [0.5, 0.6) is 0 Å². The quantitative estimate of drug-likeness (QED) is 0.802. The molecule has 0 aliphatic carbocycles. The minimum Gasteiger partial charge on any atom is -0.319 e. The first kappa shape index (κ1) is 18.1. The summed E-state index contributed by atoms with van der Waals surface area (Å²) in [6, 6.07) is 7.20. The van der Waals surface area contributed by atoms with Crippen molar-refractivity contribution in [2.24, 2.45) is 5.92 Å². The van der Waals surface area contributed by atoms with E-state index in [4.69, 9.17) is 0 Å². The summed E-state index contributed by atoms with van der Waals surface area (Å²) in [7, 11) is 0.167. The number of rotatable bonds is 8. The molecule has 0 saturated carbocycles. The van der Waals surface area contributed by atoms with Crippen LogP contribution in [0.25, 0.3) is 0 Å². The van der Waals surface area contributed by atoms with Gasteiger partial charge in [-0.3, -0.25) is 0 Å². The number of likely N-dealkylation sites (N-methyl/N-ethyl adjacent to an activating group) is 1. The maximum Gasteiger partial charge on any atom is 0.243 e. The summed E-state index contributed by atoms with van der Waals surface area (Å²) in [6.07, 6.45) is 1.76. The second-order valence-corrected chi connectivity index (χ2v) is 7.99. The third-order valence-corrected chi connectivity index (χ3v) is 5.68. The van der Waals surface area contributed by atoms with E-state index >= 15 is 0 Å². The number of nitrogens with one attached hydrogen (secondary N) is 1. The van der Waals surface area contributed by atoms with Crippen LogP contribution < -0.4 is 5.32 Å². The summed E-state index contributed by atoms with van der Waals surface area (Å²) >= 11 is 0. The van der Waals surface area contributed by atoms with E-state index in [1.807, 2.05) is 26.1 Å². The molecule has 0 spiro atoms. The van der Waals surface area contributed by atoms with Crippen molar-refractivity contribution in [3.63, 3.8) is 0 Å². The molecule has 1 aromatic rings. The van der Waals surface area contributed by atoms with E-state index in [1.165, 1.54) is 4.31 Å². The summed E-state index contributed by atoms with van der Waals surface area (Å²) in [6.45, 7) is 7.05. The topological polar surface area (TPSA) is 49.4 Å². The Bertz CT molecular complexity index is 524. The van der Waals surface area contributed by atoms with Crippen LogP contribution in [0, 0.1) is 5.92 Å². The number of hydrogen-bond donors (Lipinski definition) is 1. The average Bonchev–Trinajstić information content (AvgIpc) is 2.43. The molecule has 4 nitrogen and oxygen atoms in total. The van der Waals surface area contributed by atoms with Gasteiger partial charge in [0.05, 0.1) is 4.90 Å². The van der Waals surface area contributed by atoms with Crippen LogP contribution in [-0.2, 0) is 16.4 Å². The maximum absolute atomic E-state index is 12.6. The van der Waals surface area contributed by atoms with Gasteiger partial charge in [0, 0.05) is 13.1 Å². The van der Waals surface area contributed by atoms with E-state index in [9.17, 15) is 8.42 Å². The highest BCUT2D eigenvalue weighted by Crippen LogP contribution is 2.20. The monoisotopic (exact) mass is 312 g/mol. The fourth-order valence-electron chi connectivity index (χ4n) is 2.33. The van der Waals surface area contributed by atoms with E-state index in [-0.39, 0.29) is 6.04 Å². The van der Waals surface area contributed by atoms with Gasteiger partial charge in [-0.15, -0.1) is 0 Å². The van der Waals surface area contributed by atoms with Crippen LogP contribution in [0.1, 0.15) is 32.8 Å². The molecule has 120 valence electrons. The van der Waals surface area contributed by atoms with Crippen molar-refractivity contribution in [1.29, 1.82) is 0 Å². The van der Waals surface area contributed by atoms with Gasteiger partial charge in [-0.1, -0.05) is 26.0 Å². The zero-order valence-corrected chi connectivity index (χ0v) is 14.6. The fourth-order valence-corrected chi connectivity index (χ4v) is 3.70. The first-order valence-electron chi connectivity index (χ1n) is 7.50. The average molecular weight is 312 g/mol. The molecular formula is C16H28N2O2S. The Morgan fingerprint density at radius 1 is 1.14 bits per heavy atom. The molecule has 1 N–H and O–H groups in total. The Morgan fingerprint density at radius 3 is 2.19 bits per heavy atom. The molecule has 1 aromatic carbocycles. The number of benzene rings is 1. The summed E-state index contributed by atoms with van der Waals surface area (Å²) < 4.78 is 26.7. The lowest BCUT2D eigenvalue weighted by atomic mass is 10.1. The molecule has 1 rings (SSSR count). The van der Waals surface area contributed by atoms with Gasteiger partial charge in [0.1, 0.15) is 0 Å². The van der Waals surface area contributed by atoms with Gasteiger partial charge >= 0.3 is 0 Å². The van der Waals surface area contributed by atoms with E-state index in [0.29, 0.717) is 10.8 Å². The van der Waals surface area contributed by atoms with Gasteiger partial charge in [0.25, 0.3) is 0 Å². The fraction of sp³-hybridized carbons (Fsp3) is 0.625. The summed E-state index contributed by atoms with van der Waals surface area (Å²) in [5.41, 5.74) is 1.14. The third kappa shape index (κ3) is 5.09. The minimum absolute atomic E-state index is 0.000956. The number of nitrogens with zero attached hydrogens (tertiary/aromatic N) is 1. The van der Waals surface area contributed by atoms with Crippen LogP contribution in [0.2, 0.25) is 0 Å². The Labute approximate surface area is 129 Å². The standard InChI is InChI=1S/C16H28N2O2S/c1-13(2)12-14(3)18(5)21(19,20)16-8-6-15(7-9-16)10-11-17-4/h6-9,13-14,17H,10-12H2,1-5H3. The van der Waals surface area contributed by atoms with Crippen LogP contribution in [-0.4, -0.2) is 39.4 Å². The van der Waals surface area contributed by atoms with Gasteiger partial charge in [-0.25, -0.2) is 8.42 Å². The van der Waals surface area contributed by atoms with Crippen molar-refractivity contribution in [3.05, 3.63) is 29.8 Å². The second kappa shape index (κ2) is 7.92. The lowest BCUT2D eigenvalue weighted by Crippen LogP contribution is -2.35. The molecular weight excluding hydrogens is 284 g/mol. The normalized spacial score (nSPS) is 13.9. The van der Waals surface area contributed by atoms with E-state index < -0.39 is 10.0 Å². The van der Waals surface area contributed by atoms with E-state index in [2.05, 4.69) is 19.2 Å². The largest absolute Gasteiger partial charge is 0.319 e. The number of sulfonamides is 1. The van der Waals surface area contributed by atoms with Gasteiger partial charge < -0.3 is 5.32 Å². The molecule has 1 unspecified atom stereocenters. The van der Waals surface area contributed by atoms with E-state index in [0.717, 1.165) is 24.9 Å². The summed E-state index contributed by atoms with van der Waals surface area (Å²) in [5, 5.41) is 3.09. The molecule has 0 heterocycles. The van der Waals surface area contributed by atoms with Gasteiger partial charge in [-0.2, -0.15) is 4.31 Å². The summed E-state index contributed by atoms with van der Waals surface area (Å²) in [5.74, 6) is 0.474. The lowest BCUT2D eigenvalue weighted by Gasteiger charge is -2.25. The second-order valence-electron chi connectivity index (χ2n) is 6.00. The van der Waals surface area contributed by atoms with Crippen LogP contribution in [0.3, 0.4) is 0 Å². The van der Waals surface area contributed by atoms with Crippen molar-refractivity contribution in [3.8, 4) is 0 Å². The van der Waals surface area contributed by atoms with Crippen molar-refractivity contribution >= 4 is 10.0 Å². The van der Waals surface area contributed by atoms with Crippen molar-refractivity contribution in [1.82, 2.24) is 9.62 Å². The Kier molecular flexibility index (Phi) is 6.84. The molecule has 0 aliphatic rings. The Balaban J connectivity index is 2.86. The molecule has 0 aliphatic heterocycles. The van der Waals surface area contributed by atoms with Crippen LogP contribution in [0.4, 0.5) is 0 Å². The van der Waals surface area contributed by atoms with Crippen molar-refractivity contribution in [2.75, 3.05) is 20.6 Å². The third-order valence-electron chi connectivity index (χ3n) is 3.70. The van der Waals surface area contributed by atoms with Crippen LogP contribution >= 0.6 is 0 Å². The van der Waals surface area contributed by atoms with Crippen molar-refractivity contribution < 1.29 is 8.42 Å². The van der Waals surface area contributed by atoms with Gasteiger partial charge in [0.2, 0.25) is 10.0 Å². The molecule has 0 bridgehead atoms. The molecule has 0 fully saturated rings. The predicted octanol–water partition coefficient (Wildman–Crippen LogP) is 2.50. The minimum atomic E-state index is -3.40. The first-order chi connectivity index (χ1) is 9.78. The van der Waals surface area contributed by atoms with Crippen molar-refractivity contribution in [2.45, 2.75) is 44.6 Å². The molecule has 0 saturated heterocycles. The Hall–Kier alpha value is -0.910. The summed E-state index contributed by atoms with van der Waals surface area (Å²) in [4.78, 5) is 0.369. The van der Waals surface area contributed by atoms with E-state index in [1.54, 1.807) is 19.2 Å². The molecule has 0 amide bonds. The maximum atomic E-state index is 12.6. The van der Waals surface area contributed by atoms with Gasteiger partial charge in [-0.05, 0) is 57.0 Å². The molecule has 0 aromatic heterocycles. The molecule has 21 heavy (non-hydrogen) atoms. The molecule has 0 radical (unpaired) electrons. The lowest BCUT2D eigenvalue weighted by molar-refractivity contribution is 0.338. The zero-order chi connectivity index (χ0) is 16.0. The smallest absolute Gasteiger partial charge is 0.243 e. The highest BCUT2D eigenvalue weighted by Gasteiger charge is 2.25. The predicted molar refractivity (Wildman–Crippen MR) is 87.9 cm³/mol. The van der Waals surface area contributed by atoms with Crippen LogP contribution in [0.15, 0.2) is 29.2 Å². The zero-order valence-electron chi connectivity index (χ0n) is 13.8. The highest BCUT2D eigenvalue weighted by molar-refractivity contribution is 7.89. The SMILES string of the molecule is CNCCc1ccc(S(=O)(=O)N(C)C(C)CC(C)C)cc1. The van der Waals surface area contributed by atoms with Gasteiger partial charge in [0.15, 0.2) is 0 Å². The number of hydrogen-bond acceptors (Lipinski definition) is 3.